The number of amides is 2. The second kappa shape index (κ2) is 10.2. The largest absolute Gasteiger partial charge is 0.480 e. The number of thiophene rings is 1. The first-order valence-corrected chi connectivity index (χ1v) is 14.2. The van der Waals surface area contributed by atoms with Crippen LogP contribution in [0, 0.1) is 0 Å². The van der Waals surface area contributed by atoms with Crippen molar-refractivity contribution in [3.05, 3.63) is 33.7 Å². The van der Waals surface area contributed by atoms with Crippen LogP contribution in [0.2, 0.25) is 0 Å². The Morgan fingerprint density at radius 2 is 2.08 bits per heavy atom. The molecule has 3 unspecified atom stereocenters. The number of tetrazole rings is 1. The van der Waals surface area contributed by atoms with E-state index in [2.05, 4.69) is 25.9 Å². The minimum atomic E-state index is -4.57. The maximum atomic E-state index is 12.9. The predicted octanol–water partition coefficient (Wildman–Crippen LogP) is -0.783. The average Bonchev–Trinajstić information content (AvgIpc) is 3.49. The van der Waals surface area contributed by atoms with Crippen LogP contribution < -0.4 is 5.32 Å². The molecule has 1 fully saturated rings. The van der Waals surface area contributed by atoms with E-state index >= 15 is 0 Å². The lowest BCUT2D eigenvalue weighted by molar-refractivity contribution is -0.152. The first-order valence-electron chi connectivity index (χ1n) is 9.81. The molecule has 36 heavy (non-hydrogen) atoms. The molecule has 0 aliphatic carbocycles. The summed E-state index contributed by atoms with van der Waals surface area (Å²) >= 11 is 2.87. The normalized spacial score (nSPS) is 21.4. The van der Waals surface area contributed by atoms with Crippen molar-refractivity contribution in [1.82, 2.24) is 30.8 Å². The van der Waals surface area contributed by atoms with Gasteiger partial charge >= 0.3 is 11.9 Å². The summed E-state index contributed by atoms with van der Waals surface area (Å²) in [5.41, 5.74) is -0.459. The molecule has 0 radical (unpaired) electrons. The van der Waals surface area contributed by atoms with Crippen LogP contribution in [0.15, 0.2) is 33.9 Å². The van der Waals surface area contributed by atoms with Gasteiger partial charge in [0.1, 0.15) is 17.1 Å². The number of carbonyl (C=O) groups is 4. The van der Waals surface area contributed by atoms with E-state index in [1.54, 1.807) is 11.4 Å². The molecule has 2 amide bonds. The molecule has 2 aliphatic heterocycles. The molecule has 192 valence electrons. The number of H-pyrrole nitrogens is 1. The van der Waals surface area contributed by atoms with Gasteiger partial charge in [0.25, 0.3) is 16.0 Å². The van der Waals surface area contributed by atoms with Gasteiger partial charge in [0.2, 0.25) is 11.1 Å². The van der Waals surface area contributed by atoms with Crippen LogP contribution in [0.5, 0.6) is 0 Å². The molecule has 0 spiro atoms. The zero-order valence-corrected chi connectivity index (χ0v) is 20.9. The molecule has 5 N–H and O–H groups in total. The smallest absolute Gasteiger partial charge is 0.352 e. The summed E-state index contributed by atoms with van der Waals surface area (Å²) in [5.74, 6) is -7.14. The minimum absolute atomic E-state index is 0.0305. The molecule has 4 atom stereocenters. The topological polar surface area (TPSA) is 233 Å². The molecular weight excluding hydrogens is 560 g/mol. The van der Waals surface area contributed by atoms with E-state index in [1.165, 1.54) is 6.07 Å². The van der Waals surface area contributed by atoms with Crippen molar-refractivity contribution in [2.45, 2.75) is 27.7 Å². The lowest BCUT2D eigenvalue weighted by atomic mass is 10.00. The number of hydrogen-bond donors (Lipinski definition) is 5. The van der Waals surface area contributed by atoms with E-state index < -0.39 is 67.9 Å². The molecule has 2 aromatic rings. The van der Waals surface area contributed by atoms with E-state index in [0.717, 1.165) is 39.8 Å². The van der Waals surface area contributed by atoms with Crippen LogP contribution in [-0.4, -0.2) is 101 Å². The molecule has 2 aliphatic rings. The van der Waals surface area contributed by atoms with Crippen molar-refractivity contribution in [2.24, 2.45) is 0 Å². The standard InChI is InChI=1S/C17H16N6O9S4/c24-12(9(15(26)27)7-2-1-3-33-7)18-10-13(25)23-11(16(28)29)6(4-34-14(10)23)8(5-36(30,31)32)35-17-19-21-22-20-17/h1-3,8-10,14H,4-5H2,(H,18,24)(H,26,27)(H,28,29)(H,30,31,32)(H,19,20,21,22)/t8?,9?,10?,14-/m0/s1. The number of carboxylic acid groups (broad SMARTS) is 2. The highest BCUT2D eigenvalue weighted by molar-refractivity contribution is 8.01. The van der Waals surface area contributed by atoms with Crippen LogP contribution in [0.4, 0.5) is 0 Å². The molecule has 4 rings (SSSR count). The van der Waals surface area contributed by atoms with Gasteiger partial charge in [0.15, 0.2) is 5.92 Å². The zero-order chi connectivity index (χ0) is 26.2. The van der Waals surface area contributed by atoms with Crippen molar-refractivity contribution >= 4 is 68.7 Å². The number of carboxylic acids is 2. The number of nitrogens with zero attached hydrogens (tertiary/aromatic N) is 4. The number of thioether (sulfide) groups is 2. The van der Waals surface area contributed by atoms with Gasteiger partial charge in [-0.3, -0.25) is 23.8 Å². The highest BCUT2D eigenvalue weighted by Gasteiger charge is 2.55. The SMILES string of the molecule is O=C(O)C1=C(C(CS(=O)(=O)O)Sc2nnn[nH]2)CS[C@H]2C(NC(=O)C(C(=O)O)c3cccs3)C(=O)N12. The fourth-order valence-electron chi connectivity index (χ4n) is 3.68. The summed E-state index contributed by atoms with van der Waals surface area (Å²) in [7, 11) is -4.57. The number of hydrogen-bond acceptors (Lipinski definition) is 12. The van der Waals surface area contributed by atoms with Crippen molar-refractivity contribution in [3.63, 3.8) is 0 Å². The third-order valence-electron chi connectivity index (χ3n) is 5.17. The van der Waals surface area contributed by atoms with Gasteiger partial charge in [-0.15, -0.1) is 28.2 Å². The van der Waals surface area contributed by atoms with Gasteiger partial charge in [-0.05, 0) is 27.4 Å². The Hall–Kier alpha value is -3.00. The molecule has 1 saturated heterocycles. The molecule has 15 nitrogen and oxygen atoms in total. The van der Waals surface area contributed by atoms with Crippen molar-refractivity contribution < 1.29 is 42.4 Å². The first-order chi connectivity index (χ1) is 17.0. The molecule has 0 aromatic carbocycles. The lowest BCUT2D eigenvalue weighted by Crippen LogP contribution is -2.71. The van der Waals surface area contributed by atoms with Gasteiger partial charge < -0.3 is 15.5 Å². The fourth-order valence-corrected chi connectivity index (χ4v) is 8.18. The summed E-state index contributed by atoms with van der Waals surface area (Å²) in [6, 6.07) is 1.87. The molecular formula is C17H16N6O9S4. The molecule has 0 saturated carbocycles. The number of nitrogens with one attached hydrogen (secondary N) is 2. The van der Waals surface area contributed by atoms with Gasteiger partial charge in [-0.2, -0.15) is 8.42 Å². The number of β-lactam (4-membered cyclic amide) rings is 1. The van der Waals surface area contributed by atoms with E-state index in [1.807, 2.05) is 0 Å². The maximum absolute atomic E-state index is 12.9. The fraction of sp³-hybridized carbons (Fsp3) is 0.353. The highest BCUT2D eigenvalue weighted by Crippen LogP contribution is 2.44. The summed E-state index contributed by atoms with van der Waals surface area (Å²) in [5, 5.41) is 34.2. The average molecular weight is 577 g/mol. The Morgan fingerprint density at radius 1 is 1.33 bits per heavy atom. The van der Waals surface area contributed by atoms with Gasteiger partial charge in [-0.25, -0.2) is 9.89 Å². The van der Waals surface area contributed by atoms with Gasteiger partial charge in [0, 0.05) is 10.6 Å². The Morgan fingerprint density at radius 3 is 2.64 bits per heavy atom. The van der Waals surface area contributed by atoms with Crippen LogP contribution in [0.25, 0.3) is 0 Å². The number of carbonyl (C=O) groups excluding carboxylic acids is 2. The molecule has 19 heteroatoms. The number of aromatic amines is 1. The summed E-state index contributed by atoms with van der Waals surface area (Å²) < 4.78 is 32.7. The summed E-state index contributed by atoms with van der Waals surface area (Å²) in [4.78, 5) is 50.7. The number of rotatable bonds is 10. The van der Waals surface area contributed by atoms with Crippen LogP contribution in [0.3, 0.4) is 0 Å². The van der Waals surface area contributed by atoms with Crippen molar-refractivity contribution in [1.29, 1.82) is 0 Å². The second-order valence-corrected chi connectivity index (χ2v) is 12.2. The molecule has 0 bridgehead atoms. The third-order valence-corrected chi connectivity index (χ3v) is 9.50. The summed E-state index contributed by atoms with van der Waals surface area (Å²) in [6.07, 6.45) is 0. The van der Waals surface area contributed by atoms with Crippen LogP contribution >= 0.6 is 34.9 Å². The number of fused-ring (bicyclic) bond motifs is 1. The van der Waals surface area contributed by atoms with Crippen molar-refractivity contribution in [3.8, 4) is 0 Å². The quantitative estimate of drug-likeness (QED) is 0.101. The second-order valence-electron chi connectivity index (χ2n) is 7.42. The van der Waals surface area contributed by atoms with E-state index in [-0.39, 0.29) is 21.4 Å². The van der Waals surface area contributed by atoms with Crippen molar-refractivity contribution in [2.75, 3.05) is 11.5 Å². The van der Waals surface area contributed by atoms with E-state index in [9.17, 15) is 42.4 Å². The monoisotopic (exact) mass is 576 g/mol. The Kier molecular flexibility index (Phi) is 7.36. The highest BCUT2D eigenvalue weighted by atomic mass is 32.2. The Bertz CT molecular complexity index is 1330. The maximum Gasteiger partial charge on any atom is 0.352 e. The predicted molar refractivity (Wildman–Crippen MR) is 125 cm³/mol. The minimum Gasteiger partial charge on any atom is -0.480 e. The van der Waals surface area contributed by atoms with E-state index in [0.29, 0.717) is 0 Å². The van der Waals surface area contributed by atoms with E-state index in [4.69, 9.17) is 0 Å². The Balaban J connectivity index is 1.60. The third kappa shape index (κ3) is 5.24. The summed E-state index contributed by atoms with van der Waals surface area (Å²) in [6.45, 7) is 0. The van der Waals surface area contributed by atoms with Crippen LogP contribution in [-0.2, 0) is 29.3 Å². The Labute approximate surface area is 214 Å². The number of aromatic nitrogens is 4. The van der Waals surface area contributed by atoms with Gasteiger partial charge in [0.05, 0.1) is 11.0 Å². The molecule has 2 aromatic heterocycles. The lowest BCUT2D eigenvalue weighted by Gasteiger charge is -2.50. The zero-order valence-electron chi connectivity index (χ0n) is 17.7. The van der Waals surface area contributed by atoms with Gasteiger partial charge in [-0.1, -0.05) is 17.8 Å². The van der Waals surface area contributed by atoms with Crippen LogP contribution in [0.1, 0.15) is 10.8 Å². The molecule has 4 heterocycles. The number of aliphatic carboxylic acids is 2. The first kappa shape index (κ1) is 26.1.